The van der Waals surface area contributed by atoms with Crippen molar-refractivity contribution in [3.63, 3.8) is 0 Å². The van der Waals surface area contributed by atoms with Gasteiger partial charge in [0.05, 0.1) is 4.90 Å². The van der Waals surface area contributed by atoms with E-state index in [-0.39, 0.29) is 0 Å². The van der Waals surface area contributed by atoms with Crippen LogP contribution in [0.15, 0.2) is 34.2 Å². The lowest BCUT2D eigenvalue weighted by molar-refractivity contribution is 0.410. The van der Waals surface area contributed by atoms with Gasteiger partial charge in [0, 0.05) is 33.7 Å². The Morgan fingerprint density at radius 3 is 2.33 bits per heavy atom. The van der Waals surface area contributed by atoms with E-state index in [2.05, 4.69) is 15.6 Å². The molecule has 1 aliphatic rings. The van der Waals surface area contributed by atoms with Crippen molar-refractivity contribution in [3.05, 3.63) is 29.8 Å². The van der Waals surface area contributed by atoms with E-state index in [4.69, 9.17) is 0 Å². The molecule has 2 N–H and O–H groups in total. The van der Waals surface area contributed by atoms with Gasteiger partial charge in [-0.3, -0.25) is 4.99 Å². The second-order valence-electron chi connectivity index (χ2n) is 6.34. The predicted octanol–water partition coefficient (Wildman–Crippen LogP) is 1.93. The molecule has 1 saturated carbocycles. The Hall–Kier alpha value is -1.60. The van der Waals surface area contributed by atoms with Gasteiger partial charge in [-0.1, -0.05) is 31.4 Å². The van der Waals surface area contributed by atoms with Gasteiger partial charge in [0.2, 0.25) is 10.0 Å². The largest absolute Gasteiger partial charge is 0.354 e. The molecular formula is C17H28N4O2S. The molecule has 1 aliphatic carbocycles. The lowest BCUT2D eigenvalue weighted by Crippen LogP contribution is -2.43. The maximum Gasteiger partial charge on any atom is 0.242 e. The van der Waals surface area contributed by atoms with Crippen LogP contribution in [0.4, 0.5) is 0 Å². The molecule has 0 amide bonds. The zero-order valence-electron chi connectivity index (χ0n) is 14.7. The Bertz CT molecular complexity index is 648. The predicted molar refractivity (Wildman–Crippen MR) is 97.5 cm³/mol. The number of sulfonamides is 1. The molecule has 0 unspecified atom stereocenters. The third-order valence-electron chi connectivity index (χ3n) is 4.33. The van der Waals surface area contributed by atoms with Gasteiger partial charge in [-0.2, -0.15) is 0 Å². The van der Waals surface area contributed by atoms with Gasteiger partial charge in [-0.05, 0) is 30.5 Å². The first kappa shape index (κ1) is 18.7. The van der Waals surface area contributed by atoms with Gasteiger partial charge in [0.15, 0.2) is 5.96 Å². The lowest BCUT2D eigenvalue weighted by Gasteiger charge is -2.24. The maximum absolute atomic E-state index is 12.1. The number of benzene rings is 1. The van der Waals surface area contributed by atoms with Crippen molar-refractivity contribution in [1.29, 1.82) is 0 Å². The summed E-state index contributed by atoms with van der Waals surface area (Å²) < 4.78 is 25.3. The first-order valence-electron chi connectivity index (χ1n) is 8.42. The van der Waals surface area contributed by atoms with Gasteiger partial charge in [0.1, 0.15) is 0 Å². The summed E-state index contributed by atoms with van der Waals surface area (Å²) in [7, 11) is 1.46. The van der Waals surface area contributed by atoms with E-state index in [9.17, 15) is 8.42 Å². The molecule has 1 aromatic rings. The number of hydrogen-bond acceptors (Lipinski definition) is 3. The average Bonchev–Trinajstić information content (AvgIpc) is 2.59. The Labute approximate surface area is 145 Å². The van der Waals surface area contributed by atoms with Crippen molar-refractivity contribution in [1.82, 2.24) is 14.9 Å². The molecule has 0 spiro atoms. The molecular weight excluding hydrogens is 324 g/mol. The number of nitrogens with zero attached hydrogens (tertiary/aromatic N) is 2. The molecule has 134 valence electrons. The summed E-state index contributed by atoms with van der Waals surface area (Å²) in [5.74, 6) is 0.798. The summed E-state index contributed by atoms with van der Waals surface area (Å²) in [6.07, 6.45) is 6.26. The smallest absolute Gasteiger partial charge is 0.242 e. The summed E-state index contributed by atoms with van der Waals surface area (Å²) in [6, 6.07) is 7.44. The molecule has 0 radical (unpaired) electrons. The van der Waals surface area contributed by atoms with E-state index < -0.39 is 10.0 Å². The molecule has 6 nitrogen and oxygen atoms in total. The Morgan fingerprint density at radius 2 is 1.79 bits per heavy atom. The third-order valence-corrected chi connectivity index (χ3v) is 6.16. The molecule has 0 aliphatic heterocycles. The van der Waals surface area contributed by atoms with E-state index in [1.165, 1.54) is 50.5 Å². The Balaban J connectivity index is 1.91. The highest BCUT2D eigenvalue weighted by Gasteiger charge is 2.17. The van der Waals surface area contributed by atoms with Crippen LogP contribution in [-0.4, -0.2) is 45.9 Å². The zero-order valence-corrected chi connectivity index (χ0v) is 15.6. The summed E-state index contributed by atoms with van der Waals surface area (Å²) in [6.45, 7) is 0.606. The van der Waals surface area contributed by atoms with Gasteiger partial charge in [-0.15, -0.1) is 0 Å². The molecule has 0 saturated heterocycles. The van der Waals surface area contributed by atoms with E-state index >= 15 is 0 Å². The average molecular weight is 353 g/mol. The second-order valence-corrected chi connectivity index (χ2v) is 8.49. The normalized spacial score (nSPS) is 17.1. The SMILES string of the molecule is CN=C(NCc1ccc(S(=O)(=O)N(C)C)cc1)NC1CCCCC1. The first-order valence-corrected chi connectivity index (χ1v) is 9.86. The van der Waals surface area contributed by atoms with Crippen molar-refractivity contribution >= 4 is 16.0 Å². The first-order chi connectivity index (χ1) is 11.4. The summed E-state index contributed by atoms with van der Waals surface area (Å²) in [4.78, 5) is 4.58. The van der Waals surface area contributed by atoms with Gasteiger partial charge in [-0.25, -0.2) is 12.7 Å². The van der Waals surface area contributed by atoms with Crippen molar-refractivity contribution in [3.8, 4) is 0 Å². The van der Waals surface area contributed by atoms with Crippen LogP contribution in [0.3, 0.4) is 0 Å². The van der Waals surface area contributed by atoms with Crippen molar-refractivity contribution in [2.75, 3.05) is 21.1 Å². The number of nitrogens with one attached hydrogen (secondary N) is 2. The summed E-state index contributed by atoms with van der Waals surface area (Å²) in [5.41, 5.74) is 1.01. The third kappa shape index (κ3) is 4.95. The van der Waals surface area contributed by atoms with E-state index in [1.807, 2.05) is 12.1 Å². The standard InChI is InChI=1S/C17H28N4O2S/c1-18-17(20-15-7-5-4-6-8-15)19-13-14-9-11-16(12-10-14)24(22,23)21(2)3/h9-12,15H,4-8,13H2,1-3H3,(H2,18,19,20). The van der Waals surface area contributed by atoms with Crippen LogP contribution in [0.2, 0.25) is 0 Å². The van der Waals surface area contributed by atoms with Crippen LogP contribution in [0, 0.1) is 0 Å². The van der Waals surface area contributed by atoms with Crippen LogP contribution < -0.4 is 10.6 Å². The molecule has 0 atom stereocenters. The van der Waals surface area contributed by atoms with Crippen molar-refractivity contribution in [2.24, 2.45) is 4.99 Å². The van der Waals surface area contributed by atoms with Crippen LogP contribution in [-0.2, 0) is 16.6 Å². The summed E-state index contributed by atoms with van der Waals surface area (Å²) >= 11 is 0. The van der Waals surface area contributed by atoms with Crippen molar-refractivity contribution < 1.29 is 8.42 Å². The van der Waals surface area contributed by atoms with Crippen LogP contribution in [0.1, 0.15) is 37.7 Å². The highest BCUT2D eigenvalue weighted by Crippen LogP contribution is 2.17. The molecule has 24 heavy (non-hydrogen) atoms. The number of aliphatic imine (C=N–C) groups is 1. The van der Waals surface area contributed by atoms with E-state index in [0.717, 1.165) is 11.5 Å². The van der Waals surface area contributed by atoms with E-state index in [1.54, 1.807) is 19.2 Å². The van der Waals surface area contributed by atoms with E-state index in [0.29, 0.717) is 17.5 Å². The van der Waals surface area contributed by atoms with Crippen LogP contribution >= 0.6 is 0 Å². The topological polar surface area (TPSA) is 73.8 Å². The number of hydrogen-bond donors (Lipinski definition) is 2. The minimum Gasteiger partial charge on any atom is -0.354 e. The monoisotopic (exact) mass is 352 g/mol. The van der Waals surface area contributed by atoms with Crippen LogP contribution in [0.5, 0.6) is 0 Å². The van der Waals surface area contributed by atoms with Crippen molar-refractivity contribution in [2.45, 2.75) is 49.6 Å². The second kappa shape index (κ2) is 8.48. The van der Waals surface area contributed by atoms with Gasteiger partial charge >= 0.3 is 0 Å². The zero-order chi connectivity index (χ0) is 17.6. The minimum atomic E-state index is -3.37. The fraction of sp³-hybridized carbons (Fsp3) is 0.588. The molecule has 0 aromatic heterocycles. The van der Waals surface area contributed by atoms with Gasteiger partial charge in [0.25, 0.3) is 0 Å². The van der Waals surface area contributed by atoms with Crippen LogP contribution in [0.25, 0.3) is 0 Å². The molecule has 0 bridgehead atoms. The minimum absolute atomic E-state index is 0.306. The molecule has 2 rings (SSSR count). The molecule has 1 aromatic carbocycles. The molecule has 7 heteroatoms. The Kier molecular flexibility index (Phi) is 6.62. The summed E-state index contributed by atoms with van der Waals surface area (Å²) in [5, 5.41) is 6.76. The number of rotatable bonds is 5. The quantitative estimate of drug-likeness (QED) is 0.627. The fourth-order valence-corrected chi connectivity index (χ4v) is 3.71. The highest BCUT2D eigenvalue weighted by molar-refractivity contribution is 7.89. The highest BCUT2D eigenvalue weighted by atomic mass is 32.2. The maximum atomic E-state index is 12.1. The molecule has 0 heterocycles. The number of guanidine groups is 1. The van der Waals surface area contributed by atoms with Gasteiger partial charge < -0.3 is 10.6 Å². The lowest BCUT2D eigenvalue weighted by atomic mass is 9.96. The fourth-order valence-electron chi connectivity index (χ4n) is 2.81. The molecule has 1 fully saturated rings. The Morgan fingerprint density at radius 1 is 1.17 bits per heavy atom.